The smallest absolute Gasteiger partial charge is 0.410 e. The Hall–Kier alpha value is -4.14. The predicted molar refractivity (Wildman–Crippen MR) is 144 cm³/mol. The lowest BCUT2D eigenvalue weighted by Crippen LogP contribution is -2.56. The van der Waals surface area contributed by atoms with Gasteiger partial charge >= 0.3 is 6.18 Å². The molecule has 6 rings (SSSR count). The Morgan fingerprint density at radius 3 is 2.62 bits per heavy atom. The van der Waals surface area contributed by atoms with Gasteiger partial charge in [-0.3, -0.25) is 9.59 Å². The van der Waals surface area contributed by atoms with Crippen molar-refractivity contribution in [2.75, 3.05) is 49.6 Å². The largest absolute Gasteiger partial charge is 0.483 e. The van der Waals surface area contributed by atoms with E-state index in [1.165, 1.54) is 22.5 Å². The molecule has 3 aromatic rings. The summed E-state index contributed by atoms with van der Waals surface area (Å²) in [5.74, 6) is -1.55. The van der Waals surface area contributed by atoms with Crippen LogP contribution in [0.3, 0.4) is 0 Å². The van der Waals surface area contributed by atoms with E-state index in [2.05, 4.69) is 0 Å². The summed E-state index contributed by atoms with van der Waals surface area (Å²) in [5.41, 5.74) is 6.72. The SMILES string of the molecule is CN1CC(C(F)(F)F)NC(=O)COc2ccc(F)cc2C(=O)N2CCCCC2c2cc3nc(N4CC(N)C4)cc1n3n2. The van der Waals surface area contributed by atoms with E-state index in [4.69, 9.17) is 20.6 Å². The number of benzene rings is 1. The molecule has 3 aliphatic rings. The number of rotatable bonds is 1. The number of anilines is 2. The fourth-order valence-electron chi connectivity index (χ4n) is 5.67. The summed E-state index contributed by atoms with van der Waals surface area (Å²) in [4.78, 5) is 36.1. The van der Waals surface area contributed by atoms with Crippen LogP contribution in [0.1, 0.15) is 41.4 Å². The third-order valence-corrected chi connectivity index (χ3v) is 7.86. The molecule has 3 aliphatic heterocycles. The second kappa shape index (κ2) is 10.6. The van der Waals surface area contributed by atoms with E-state index < -0.39 is 49.0 Å². The number of carbonyl (C=O) groups is 2. The molecule has 2 fully saturated rings. The van der Waals surface area contributed by atoms with E-state index in [1.54, 1.807) is 17.0 Å². The van der Waals surface area contributed by atoms with E-state index in [0.717, 1.165) is 18.6 Å². The number of fused-ring (bicyclic) bond motifs is 4. The van der Waals surface area contributed by atoms with Gasteiger partial charge in [-0.2, -0.15) is 22.8 Å². The van der Waals surface area contributed by atoms with Gasteiger partial charge in [0.15, 0.2) is 12.3 Å². The highest BCUT2D eigenvalue weighted by molar-refractivity contribution is 5.97. The first-order valence-electron chi connectivity index (χ1n) is 13.7. The van der Waals surface area contributed by atoms with Gasteiger partial charge in [0.1, 0.15) is 29.2 Å². The molecular formula is C27H30F4N8O3. The van der Waals surface area contributed by atoms with Crippen LogP contribution >= 0.6 is 0 Å². The molecule has 2 unspecified atom stereocenters. The van der Waals surface area contributed by atoms with Crippen LogP contribution in [-0.4, -0.2) is 89.4 Å². The van der Waals surface area contributed by atoms with Crippen LogP contribution in [0, 0.1) is 5.82 Å². The molecule has 0 saturated carbocycles. The van der Waals surface area contributed by atoms with Crippen molar-refractivity contribution in [2.45, 2.75) is 43.6 Å². The zero-order chi connectivity index (χ0) is 29.8. The minimum Gasteiger partial charge on any atom is -0.483 e. The van der Waals surface area contributed by atoms with Gasteiger partial charge in [-0.05, 0) is 37.5 Å². The molecule has 1 aromatic carbocycles. The lowest BCUT2D eigenvalue weighted by molar-refractivity contribution is -0.160. The number of halogens is 4. The van der Waals surface area contributed by atoms with Gasteiger partial charge in [-0.1, -0.05) is 0 Å². The Labute approximate surface area is 238 Å². The number of ether oxygens (including phenoxy) is 1. The van der Waals surface area contributed by atoms with Gasteiger partial charge in [-0.15, -0.1) is 0 Å². The summed E-state index contributed by atoms with van der Waals surface area (Å²) in [6.45, 7) is 0.0201. The number of nitrogens with two attached hydrogens (primary N) is 1. The summed E-state index contributed by atoms with van der Waals surface area (Å²) in [7, 11) is 1.48. The van der Waals surface area contributed by atoms with Crippen molar-refractivity contribution < 1.29 is 31.9 Å². The maximum atomic E-state index is 14.3. The first kappa shape index (κ1) is 28.0. The fraction of sp³-hybridized carbons (Fsp3) is 0.481. The molecule has 2 saturated heterocycles. The zero-order valence-electron chi connectivity index (χ0n) is 22.8. The summed E-state index contributed by atoms with van der Waals surface area (Å²) in [5, 5.41) is 6.72. The minimum absolute atomic E-state index is 0.0410. The highest BCUT2D eigenvalue weighted by Gasteiger charge is 2.42. The number of nitrogens with zero attached hydrogens (tertiary/aromatic N) is 6. The van der Waals surface area contributed by atoms with Crippen molar-refractivity contribution in [3.05, 3.63) is 47.4 Å². The van der Waals surface area contributed by atoms with Crippen LogP contribution in [0.4, 0.5) is 29.2 Å². The van der Waals surface area contributed by atoms with E-state index in [0.29, 0.717) is 55.5 Å². The molecule has 0 aliphatic carbocycles. The van der Waals surface area contributed by atoms with Gasteiger partial charge in [0.2, 0.25) is 0 Å². The number of alkyl halides is 3. The maximum Gasteiger partial charge on any atom is 0.410 e. The first-order valence-corrected chi connectivity index (χ1v) is 13.7. The monoisotopic (exact) mass is 590 g/mol. The average Bonchev–Trinajstić information content (AvgIpc) is 3.36. The molecule has 2 atom stereocenters. The van der Waals surface area contributed by atoms with E-state index in [9.17, 15) is 27.2 Å². The normalized spacial score (nSPS) is 22.5. The summed E-state index contributed by atoms with van der Waals surface area (Å²) in [6, 6.07) is 3.82. The zero-order valence-corrected chi connectivity index (χ0v) is 22.8. The third-order valence-electron chi connectivity index (χ3n) is 7.86. The molecule has 42 heavy (non-hydrogen) atoms. The van der Waals surface area contributed by atoms with Crippen molar-refractivity contribution in [1.29, 1.82) is 0 Å². The molecule has 11 nitrogen and oxygen atoms in total. The Balaban J connectivity index is 1.50. The van der Waals surface area contributed by atoms with Crippen LogP contribution in [0.2, 0.25) is 0 Å². The highest BCUT2D eigenvalue weighted by Crippen LogP contribution is 2.35. The Morgan fingerprint density at radius 1 is 1.10 bits per heavy atom. The summed E-state index contributed by atoms with van der Waals surface area (Å²) >= 11 is 0. The van der Waals surface area contributed by atoms with Crippen molar-refractivity contribution in [2.24, 2.45) is 5.73 Å². The average molecular weight is 591 g/mol. The summed E-state index contributed by atoms with van der Waals surface area (Å²) < 4.78 is 63.6. The molecule has 2 aromatic heterocycles. The molecule has 224 valence electrons. The second-order valence-corrected chi connectivity index (χ2v) is 11.0. The van der Waals surface area contributed by atoms with Crippen molar-refractivity contribution in [1.82, 2.24) is 24.8 Å². The predicted octanol–water partition coefficient (Wildman–Crippen LogP) is 2.26. The van der Waals surface area contributed by atoms with Crippen LogP contribution in [0.15, 0.2) is 30.3 Å². The number of likely N-dealkylation sites (N-methyl/N-ethyl adjacent to an activating group) is 1. The van der Waals surface area contributed by atoms with Crippen molar-refractivity contribution >= 4 is 29.1 Å². The lowest BCUT2D eigenvalue weighted by atomic mass is 9.98. The van der Waals surface area contributed by atoms with E-state index >= 15 is 0 Å². The number of nitrogens with one attached hydrogen (secondary N) is 1. The van der Waals surface area contributed by atoms with Gasteiger partial charge in [0.25, 0.3) is 11.8 Å². The first-order chi connectivity index (χ1) is 20.0. The number of amides is 2. The standard InChI is InChI=1S/C27H30F4N8O3/c1-36-13-21(27(29,30)31)33-24(40)14-42-20-6-5-15(28)8-17(20)26(41)38-7-3-2-4-19(38)18-9-23-34-22(37-11-16(32)12-37)10-25(36)39(23)35-18/h5-6,8-10,16,19,21H,2-4,7,11-14,32H2,1H3,(H,33,40). The third kappa shape index (κ3) is 5.28. The molecule has 0 radical (unpaired) electrons. The Kier molecular flexibility index (Phi) is 7.07. The van der Waals surface area contributed by atoms with Gasteiger partial charge < -0.3 is 30.5 Å². The van der Waals surface area contributed by atoms with Crippen LogP contribution in [-0.2, 0) is 4.79 Å². The van der Waals surface area contributed by atoms with Crippen molar-refractivity contribution in [3.8, 4) is 5.75 Å². The molecule has 2 bridgehead atoms. The number of hydrogen-bond donors (Lipinski definition) is 2. The van der Waals surface area contributed by atoms with Gasteiger partial charge in [0, 0.05) is 51.4 Å². The van der Waals surface area contributed by atoms with Crippen LogP contribution < -0.4 is 25.6 Å². The van der Waals surface area contributed by atoms with Crippen molar-refractivity contribution in [3.63, 3.8) is 0 Å². The topological polar surface area (TPSA) is 121 Å². The maximum absolute atomic E-state index is 14.3. The quantitative estimate of drug-likeness (QED) is 0.414. The van der Waals surface area contributed by atoms with Gasteiger partial charge in [0.05, 0.1) is 17.3 Å². The van der Waals surface area contributed by atoms with Crippen LogP contribution in [0.5, 0.6) is 5.75 Å². The molecule has 2 amide bonds. The van der Waals surface area contributed by atoms with Crippen LogP contribution in [0.25, 0.3) is 5.65 Å². The highest BCUT2D eigenvalue weighted by atomic mass is 19.4. The van der Waals surface area contributed by atoms with E-state index in [1.807, 2.05) is 10.2 Å². The Morgan fingerprint density at radius 2 is 1.88 bits per heavy atom. The minimum atomic E-state index is -4.79. The number of piperidine rings is 1. The summed E-state index contributed by atoms with van der Waals surface area (Å²) in [6.07, 6.45) is -2.70. The van der Waals surface area contributed by atoms with Gasteiger partial charge in [-0.25, -0.2) is 9.37 Å². The lowest BCUT2D eigenvalue weighted by Gasteiger charge is -2.38. The molecule has 0 spiro atoms. The Bertz CT molecular complexity index is 1520. The molecule has 3 N–H and O–H groups in total. The van der Waals surface area contributed by atoms with E-state index in [-0.39, 0.29) is 17.4 Å². The number of carbonyl (C=O) groups excluding carboxylic acids is 2. The number of hydrogen-bond acceptors (Lipinski definition) is 8. The molecule has 5 heterocycles. The molecule has 15 heteroatoms. The fourth-order valence-corrected chi connectivity index (χ4v) is 5.67. The molecular weight excluding hydrogens is 560 g/mol. The number of aromatic nitrogens is 3. The second-order valence-electron chi connectivity index (χ2n) is 11.0.